The fraction of sp³-hybridized carbons (Fsp3) is 0.625. The van der Waals surface area contributed by atoms with Crippen molar-refractivity contribution in [3.8, 4) is 0 Å². The third-order valence-electron chi connectivity index (χ3n) is 1.89. The van der Waals surface area contributed by atoms with Crippen molar-refractivity contribution in [2.45, 2.75) is 25.9 Å². The van der Waals surface area contributed by atoms with Gasteiger partial charge in [0.15, 0.2) is 0 Å². The summed E-state index contributed by atoms with van der Waals surface area (Å²) in [6, 6.07) is 0. The van der Waals surface area contributed by atoms with E-state index in [9.17, 15) is 9.90 Å². The monoisotopic (exact) mass is 158 g/mol. The lowest BCUT2D eigenvalue weighted by Gasteiger charge is -2.25. The lowest BCUT2D eigenvalue weighted by Crippen LogP contribution is -2.37. The normalized spacial score (nSPS) is 18.5. The largest absolute Gasteiger partial charge is 0.481 e. The molecule has 0 aliphatic rings. The van der Waals surface area contributed by atoms with Gasteiger partial charge in [-0.15, -0.1) is 6.58 Å². The van der Waals surface area contributed by atoms with Gasteiger partial charge in [0.2, 0.25) is 0 Å². The molecule has 0 heterocycles. The van der Waals surface area contributed by atoms with Gasteiger partial charge in [-0.2, -0.15) is 0 Å². The first-order valence-electron chi connectivity index (χ1n) is 3.53. The number of rotatable bonds is 4. The molecule has 0 amide bonds. The minimum Gasteiger partial charge on any atom is -0.481 e. The van der Waals surface area contributed by atoms with Crippen LogP contribution in [0.15, 0.2) is 12.7 Å². The molecule has 3 nitrogen and oxygen atoms in total. The van der Waals surface area contributed by atoms with Gasteiger partial charge in [0.05, 0.1) is 5.60 Å². The van der Waals surface area contributed by atoms with E-state index >= 15 is 0 Å². The van der Waals surface area contributed by atoms with E-state index in [1.165, 1.54) is 13.0 Å². The second kappa shape index (κ2) is 3.53. The Bertz CT molecular complexity index is 161. The van der Waals surface area contributed by atoms with Gasteiger partial charge in [0.25, 0.3) is 0 Å². The molecule has 0 aliphatic carbocycles. The quantitative estimate of drug-likeness (QED) is 0.601. The summed E-state index contributed by atoms with van der Waals surface area (Å²) in [5.41, 5.74) is -1.19. The van der Waals surface area contributed by atoms with Gasteiger partial charge in [-0.05, 0) is 13.3 Å². The molecule has 0 aliphatic heterocycles. The number of aliphatic carboxylic acids is 1. The van der Waals surface area contributed by atoms with Crippen molar-refractivity contribution in [2.24, 2.45) is 5.92 Å². The van der Waals surface area contributed by atoms with Crippen LogP contribution in [0.25, 0.3) is 0 Å². The molecule has 2 unspecified atom stereocenters. The topological polar surface area (TPSA) is 57.5 Å². The van der Waals surface area contributed by atoms with Crippen LogP contribution in [-0.4, -0.2) is 21.8 Å². The number of aliphatic hydroxyl groups is 1. The van der Waals surface area contributed by atoms with Gasteiger partial charge >= 0.3 is 5.97 Å². The Kier molecular flexibility index (Phi) is 3.26. The predicted molar refractivity (Wildman–Crippen MR) is 42.2 cm³/mol. The summed E-state index contributed by atoms with van der Waals surface area (Å²) in [4.78, 5) is 10.5. The maximum absolute atomic E-state index is 10.5. The molecule has 0 aromatic heterocycles. The predicted octanol–water partition coefficient (Wildman–Crippen LogP) is 1.03. The van der Waals surface area contributed by atoms with Crippen molar-refractivity contribution in [3.63, 3.8) is 0 Å². The van der Waals surface area contributed by atoms with Gasteiger partial charge in [-0.3, -0.25) is 4.79 Å². The fourth-order valence-electron chi connectivity index (χ4n) is 0.841. The van der Waals surface area contributed by atoms with E-state index in [1.807, 2.05) is 0 Å². The number of hydrogen-bond donors (Lipinski definition) is 2. The van der Waals surface area contributed by atoms with Gasteiger partial charge in [-0.1, -0.05) is 13.0 Å². The second-order valence-corrected chi connectivity index (χ2v) is 2.76. The van der Waals surface area contributed by atoms with E-state index in [0.29, 0.717) is 6.42 Å². The van der Waals surface area contributed by atoms with E-state index in [-0.39, 0.29) is 0 Å². The Hall–Kier alpha value is -0.830. The van der Waals surface area contributed by atoms with Crippen LogP contribution < -0.4 is 0 Å². The summed E-state index contributed by atoms with van der Waals surface area (Å²) >= 11 is 0. The minimum atomic E-state index is -1.19. The molecule has 0 aromatic rings. The number of carbonyl (C=O) groups is 1. The minimum absolute atomic E-state index is 0.399. The standard InChI is InChI=1S/C8H14O3/c1-4-6(7(9)10)8(3,11)5-2/h4,6,11H,1,5H2,2-3H3,(H,9,10). The van der Waals surface area contributed by atoms with Gasteiger partial charge in [0, 0.05) is 0 Å². The molecule has 2 atom stereocenters. The Labute approximate surface area is 66.4 Å². The summed E-state index contributed by atoms with van der Waals surface area (Å²) in [6.45, 7) is 6.58. The van der Waals surface area contributed by atoms with E-state index in [4.69, 9.17) is 5.11 Å². The summed E-state index contributed by atoms with van der Waals surface area (Å²) < 4.78 is 0. The van der Waals surface area contributed by atoms with E-state index in [2.05, 4.69) is 6.58 Å². The average Bonchev–Trinajstić information content (AvgIpc) is 1.88. The highest BCUT2D eigenvalue weighted by Crippen LogP contribution is 2.21. The van der Waals surface area contributed by atoms with Gasteiger partial charge in [0.1, 0.15) is 5.92 Å². The summed E-state index contributed by atoms with van der Waals surface area (Å²) in [5, 5.41) is 18.1. The van der Waals surface area contributed by atoms with Crippen molar-refractivity contribution in [3.05, 3.63) is 12.7 Å². The molecule has 0 bridgehead atoms. The maximum atomic E-state index is 10.5. The number of hydrogen-bond acceptors (Lipinski definition) is 2. The zero-order chi connectivity index (χ0) is 9.07. The van der Waals surface area contributed by atoms with Gasteiger partial charge < -0.3 is 10.2 Å². The molecule has 0 aromatic carbocycles. The number of carboxylic acids is 1. The van der Waals surface area contributed by atoms with Crippen molar-refractivity contribution in [2.75, 3.05) is 0 Å². The third-order valence-corrected chi connectivity index (χ3v) is 1.89. The van der Waals surface area contributed by atoms with Crippen LogP contribution in [0.5, 0.6) is 0 Å². The van der Waals surface area contributed by atoms with Crippen LogP contribution in [0.4, 0.5) is 0 Å². The first kappa shape index (κ1) is 10.2. The molecule has 3 heteroatoms. The molecule has 0 saturated heterocycles. The highest BCUT2D eigenvalue weighted by molar-refractivity contribution is 5.73. The van der Waals surface area contributed by atoms with Gasteiger partial charge in [-0.25, -0.2) is 0 Å². The smallest absolute Gasteiger partial charge is 0.313 e. The van der Waals surface area contributed by atoms with Crippen LogP contribution in [-0.2, 0) is 4.79 Å². The van der Waals surface area contributed by atoms with Crippen LogP contribution in [0.3, 0.4) is 0 Å². The zero-order valence-electron chi connectivity index (χ0n) is 6.87. The van der Waals surface area contributed by atoms with E-state index in [1.54, 1.807) is 6.92 Å². The van der Waals surface area contributed by atoms with Crippen molar-refractivity contribution >= 4 is 5.97 Å². The lowest BCUT2D eigenvalue weighted by atomic mass is 9.87. The van der Waals surface area contributed by atoms with E-state index in [0.717, 1.165) is 0 Å². The molecule has 0 spiro atoms. The molecule has 11 heavy (non-hydrogen) atoms. The SMILES string of the molecule is C=CC(C(=O)O)C(C)(O)CC. The maximum Gasteiger partial charge on any atom is 0.313 e. The molecule has 2 N–H and O–H groups in total. The fourth-order valence-corrected chi connectivity index (χ4v) is 0.841. The van der Waals surface area contributed by atoms with Crippen molar-refractivity contribution in [1.29, 1.82) is 0 Å². The molecular weight excluding hydrogens is 144 g/mol. The zero-order valence-corrected chi connectivity index (χ0v) is 6.87. The van der Waals surface area contributed by atoms with Crippen LogP contribution >= 0.6 is 0 Å². The lowest BCUT2D eigenvalue weighted by molar-refractivity contribution is -0.147. The molecular formula is C8H14O3. The first-order valence-corrected chi connectivity index (χ1v) is 3.53. The Morgan fingerprint density at radius 2 is 2.27 bits per heavy atom. The van der Waals surface area contributed by atoms with Crippen LogP contribution in [0.2, 0.25) is 0 Å². The Balaban J connectivity index is 4.48. The molecule has 0 fully saturated rings. The van der Waals surface area contributed by atoms with Crippen molar-refractivity contribution in [1.82, 2.24) is 0 Å². The first-order chi connectivity index (χ1) is 4.95. The summed E-state index contributed by atoms with van der Waals surface area (Å²) in [5.74, 6) is -1.92. The molecule has 64 valence electrons. The third kappa shape index (κ3) is 2.35. The Morgan fingerprint density at radius 3 is 2.36 bits per heavy atom. The highest BCUT2D eigenvalue weighted by Gasteiger charge is 2.33. The van der Waals surface area contributed by atoms with Crippen molar-refractivity contribution < 1.29 is 15.0 Å². The highest BCUT2D eigenvalue weighted by atomic mass is 16.4. The van der Waals surface area contributed by atoms with Crippen LogP contribution in [0.1, 0.15) is 20.3 Å². The van der Waals surface area contributed by atoms with Crippen LogP contribution in [0, 0.1) is 5.92 Å². The molecule has 0 rings (SSSR count). The molecule has 0 radical (unpaired) electrons. The second-order valence-electron chi connectivity index (χ2n) is 2.76. The molecule has 0 saturated carbocycles. The average molecular weight is 158 g/mol. The Morgan fingerprint density at radius 1 is 1.82 bits per heavy atom. The summed E-state index contributed by atoms with van der Waals surface area (Å²) in [7, 11) is 0. The van der Waals surface area contributed by atoms with E-state index < -0.39 is 17.5 Å². The number of carboxylic acid groups (broad SMARTS) is 1. The summed E-state index contributed by atoms with van der Waals surface area (Å²) in [6.07, 6.45) is 1.65.